The maximum Gasteiger partial charge on any atom is 0.260 e. The highest BCUT2D eigenvalue weighted by atomic mass is 19.1. The van der Waals surface area contributed by atoms with Crippen LogP contribution in [0.3, 0.4) is 0 Å². The normalized spacial score (nSPS) is 15.9. The van der Waals surface area contributed by atoms with Gasteiger partial charge in [0.25, 0.3) is 5.88 Å². The van der Waals surface area contributed by atoms with Crippen molar-refractivity contribution < 1.29 is 13.5 Å². The van der Waals surface area contributed by atoms with Gasteiger partial charge >= 0.3 is 0 Å². The van der Waals surface area contributed by atoms with E-state index < -0.39 is 11.6 Å². The summed E-state index contributed by atoms with van der Waals surface area (Å²) < 4.78 is 32.7. The Morgan fingerprint density at radius 1 is 1.05 bits per heavy atom. The first kappa shape index (κ1) is 14.6. The lowest BCUT2D eigenvalue weighted by Gasteiger charge is -2.32. The lowest BCUT2D eigenvalue weighted by molar-refractivity contribution is 0.310. The zero-order valence-corrected chi connectivity index (χ0v) is 12.2. The summed E-state index contributed by atoms with van der Waals surface area (Å²) in [4.78, 5) is 12.2. The van der Waals surface area contributed by atoms with Gasteiger partial charge in [-0.2, -0.15) is 9.37 Å². The van der Waals surface area contributed by atoms with Gasteiger partial charge in [-0.25, -0.2) is 9.37 Å². The van der Waals surface area contributed by atoms with E-state index in [1.807, 2.05) is 11.9 Å². The number of hydrogen-bond donors (Lipinski definition) is 0. The SMILES string of the molecule is CN1CCN(c2ncc(F)c(Oc3ccccc3F)n2)CC1. The molecule has 0 spiro atoms. The van der Waals surface area contributed by atoms with Crippen molar-refractivity contribution in [1.82, 2.24) is 14.9 Å². The summed E-state index contributed by atoms with van der Waals surface area (Å²) in [6.07, 6.45) is 1.05. The Kier molecular flexibility index (Phi) is 4.15. The number of rotatable bonds is 3. The number of ether oxygens (including phenoxy) is 1. The van der Waals surface area contributed by atoms with Crippen molar-refractivity contribution in [3.05, 3.63) is 42.1 Å². The van der Waals surface area contributed by atoms with Gasteiger partial charge in [0, 0.05) is 26.2 Å². The molecule has 1 aromatic heterocycles. The van der Waals surface area contributed by atoms with E-state index in [2.05, 4.69) is 14.9 Å². The van der Waals surface area contributed by atoms with Crippen molar-refractivity contribution >= 4 is 5.95 Å². The highest BCUT2D eigenvalue weighted by molar-refractivity contribution is 5.35. The smallest absolute Gasteiger partial charge is 0.260 e. The molecule has 22 heavy (non-hydrogen) atoms. The standard InChI is InChI=1S/C15H16F2N4O/c1-20-6-8-21(9-7-20)15-18-10-12(17)14(19-15)22-13-5-3-2-4-11(13)16/h2-5,10H,6-9H2,1H3. The fourth-order valence-electron chi connectivity index (χ4n) is 2.20. The Bertz CT molecular complexity index is 660. The first-order chi connectivity index (χ1) is 10.6. The molecule has 0 atom stereocenters. The first-order valence-electron chi connectivity index (χ1n) is 7.02. The van der Waals surface area contributed by atoms with Gasteiger partial charge in [-0.3, -0.25) is 0 Å². The van der Waals surface area contributed by atoms with Crippen molar-refractivity contribution in [3.8, 4) is 11.6 Å². The summed E-state index contributed by atoms with van der Waals surface area (Å²) in [5.41, 5.74) is 0. The number of nitrogens with zero attached hydrogens (tertiary/aromatic N) is 4. The molecule has 2 aromatic rings. The number of aromatic nitrogens is 2. The minimum Gasteiger partial charge on any atom is -0.433 e. The fourth-order valence-corrected chi connectivity index (χ4v) is 2.20. The Hall–Kier alpha value is -2.28. The molecule has 3 rings (SSSR count). The summed E-state index contributed by atoms with van der Waals surface area (Å²) in [5, 5.41) is 0. The lowest BCUT2D eigenvalue weighted by atomic mass is 10.3. The van der Waals surface area contributed by atoms with Crippen LogP contribution in [0.25, 0.3) is 0 Å². The van der Waals surface area contributed by atoms with Crippen LogP contribution in [0.1, 0.15) is 0 Å². The van der Waals surface area contributed by atoms with E-state index in [1.165, 1.54) is 18.2 Å². The largest absolute Gasteiger partial charge is 0.433 e. The lowest BCUT2D eigenvalue weighted by Crippen LogP contribution is -2.45. The zero-order valence-electron chi connectivity index (χ0n) is 12.2. The quantitative estimate of drug-likeness (QED) is 0.870. The summed E-state index contributed by atoms with van der Waals surface area (Å²) in [5.74, 6) is -1.23. The summed E-state index contributed by atoms with van der Waals surface area (Å²) >= 11 is 0. The van der Waals surface area contributed by atoms with E-state index in [0.717, 1.165) is 32.4 Å². The second-order valence-corrected chi connectivity index (χ2v) is 5.15. The third-order valence-corrected chi connectivity index (χ3v) is 3.53. The number of hydrogen-bond acceptors (Lipinski definition) is 5. The number of anilines is 1. The van der Waals surface area contributed by atoms with E-state index in [1.54, 1.807) is 6.07 Å². The number of likely N-dealkylation sites (N-methyl/N-ethyl adjacent to an activating group) is 1. The number of halogens is 2. The van der Waals surface area contributed by atoms with Gasteiger partial charge in [-0.15, -0.1) is 0 Å². The molecular formula is C15H16F2N4O. The monoisotopic (exact) mass is 306 g/mol. The molecule has 1 fully saturated rings. The fraction of sp³-hybridized carbons (Fsp3) is 0.333. The third kappa shape index (κ3) is 3.14. The molecule has 1 aliphatic heterocycles. The molecule has 5 nitrogen and oxygen atoms in total. The topological polar surface area (TPSA) is 41.5 Å². The van der Waals surface area contributed by atoms with Crippen molar-refractivity contribution in [1.29, 1.82) is 0 Å². The van der Waals surface area contributed by atoms with Gasteiger partial charge in [0.05, 0.1) is 6.20 Å². The third-order valence-electron chi connectivity index (χ3n) is 3.53. The number of para-hydroxylation sites is 1. The molecule has 0 radical (unpaired) electrons. The molecule has 1 aromatic carbocycles. The molecule has 0 N–H and O–H groups in total. The minimum absolute atomic E-state index is 0.0653. The van der Waals surface area contributed by atoms with Crippen LogP contribution in [0.2, 0.25) is 0 Å². The van der Waals surface area contributed by atoms with Crippen molar-refractivity contribution in [2.75, 3.05) is 38.1 Å². The highest BCUT2D eigenvalue weighted by Gasteiger charge is 2.19. The predicted molar refractivity (Wildman–Crippen MR) is 78.2 cm³/mol. The molecule has 1 aliphatic rings. The van der Waals surface area contributed by atoms with Gasteiger partial charge in [-0.1, -0.05) is 12.1 Å². The molecule has 1 saturated heterocycles. The first-order valence-corrected chi connectivity index (χ1v) is 7.02. The highest BCUT2D eigenvalue weighted by Crippen LogP contribution is 2.26. The summed E-state index contributed by atoms with van der Waals surface area (Å²) in [6, 6.07) is 5.81. The Balaban J connectivity index is 1.82. The van der Waals surface area contributed by atoms with Crippen LogP contribution in [-0.2, 0) is 0 Å². The van der Waals surface area contributed by atoms with Crippen LogP contribution >= 0.6 is 0 Å². The Morgan fingerprint density at radius 3 is 2.50 bits per heavy atom. The average molecular weight is 306 g/mol. The molecule has 0 aliphatic carbocycles. The molecule has 0 bridgehead atoms. The number of piperazine rings is 1. The average Bonchev–Trinajstić information content (AvgIpc) is 2.52. The van der Waals surface area contributed by atoms with Gasteiger partial charge in [0.2, 0.25) is 11.8 Å². The van der Waals surface area contributed by atoms with Gasteiger partial charge < -0.3 is 14.5 Å². The molecule has 0 saturated carbocycles. The second-order valence-electron chi connectivity index (χ2n) is 5.15. The minimum atomic E-state index is -0.721. The molecule has 0 unspecified atom stereocenters. The van der Waals surface area contributed by atoms with Crippen LogP contribution in [0.15, 0.2) is 30.5 Å². The van der Waals surface area contributed by atoms with Crippen LogP contribution in [0, 0.1) is 11.6 Å². The van der Waals surface area contributed by atoms with Crippen molar-refractivity contribution in [2.45, 2.75) is 0 Å². The van der Waals surface area contributed by atoms with Gasteiger partial charge in [0.15, 0.2) is 11.6 Å². The molecule has 116 valence electrons. The van der Waals surface area contributed by atoms with Crippen LogP contribution in [-0.4, -0.2) is 48.1 Å². The maximum absolute atomic E-state index is 13.8. The van der Waals surface area contributed by atoms with E-state index in [0.29, 0.717) is 5.95 Å². The Labute approximate surface area is 127 Å². The summed E-state index contributed by atoms with van der Waals surface area (Å²) in [6.45, 7) is 3.26. The van der Waals surface area contributed by atoms with Crippen LogP contribution in [0.5, 0.6) is 11.6 Å². The van der Waals surface area contributed by atoms with E-state index in [9.17, 15) is 8.78 Å². The molecule has 7 heteroatoms. The maximum atomic E-state index is 13.8. The number of benzene rings is 1. The van der Waals surface area contributed by atoms with Gasteiger partial charge in [-0.05, 0) is 19.2 Å². The van der Waals surface area contributed by atoms with E-state index in [4.69, 9.17) is 4.74 Å². The molecular weight excluding hydrogens is 290 g/mol. The molecule has 2 heterocycles. The van der Waals surface area contributed by atoms with Crippen LogP contribution < -0.4 is 9.64 Å². The zero-order chi connectivity index (χ0) is 15.5. The van der Waals surface area contributed by atoms with Crippen LogP contribution in [0.4, 0.5) is 14.7 Å². The van der Waals surface area contributed by atoms with Crippen molar-refractivity contribution in [3.63, 3.8) is 0 Å². The predicted octanol–water partition coefficient (Wildman–Crippen LogP) is 2.30. The van der Waals surface area contributed by atoms with E-state index >= 15 is 0 Å². The van der Waals surface area contributed by atoms with E-state index in [-0.39, 0.29) is 11.6 Å². The Morgan fingerprint density at radius 2 is 1.77 bits per heavy atom. The van der Waals surface area contributed by atoms with Crippen molar-refractivity contribution in [2.24, 2.45) is 0 Å². The molecule has 0 amide bonds. The van der Waals surface area contributed by atoms with Gasteiger partial charge in [0.1, 0.15) is 0 Å². The summed E-state index contributed by atoms with van der Waals surface area (Å²) in [7, 11) is 2.04. The second kappa shape index (κ2) is 6.23.